The molecule has 0 atom stereocenters. The number of H-pyrrole nitrogens is 1. The molecule has 0 fully saturated rings. The summed E-state index contributed by atoms with van der Waals surface area (Å²) in [7, 11) is 0. The number of rotatable bonds is 2. The number of nitriles is 1. The van der Waals surface area contributed by atoms with Crippen LogP contribution in [0, 0.1) is 11.3 Å². The van der Waals surface area contributed by atoms with E-state index in [1.807, 2.05) is 6.07 Å². The predicted molar refractivity (Wildman–Crippen MR) is 86.7 cm³/mol. The Morgan fingerprint density at radius 2 is 1.73 bits per heavy atom. The van der Waals surface area contributed by atoms with E-state index < -0.39 is 11.7 Å². The van der Waals surface area contributed by atoms with Gasteiger partial charge in [-0.1, -0.05) is 23.4 Å². The van der Waals surface area contributed by atoms with Crippen molar-refractivity contribution in [1.82, 2.24) is 15.4 Å². The maximum Gasteiger partial charge on any atom is 0.416 e. The summed E-state index contributed by atoms with van der Waals surface area (Å²) in [5, 5.41) is 19.7. The monoisotopic (exact) mass is 354 g/mol. The number of nitrogens with zero attached hydrogens (tertiary/aromatic N) is 3. The van der Waals surface area contributed by atoms with Crippen LogP contribution < -0.4 is 0 Å². The highest BCUT2D eigenvalue weighted by atomic mass is 19.4. The number of fused-ring (bicyclic) bond motifs is 1. The number of furan rings is 1. The van der Waals surface area contributed by atoms with Crippen LogP contribution in [0.3, 0.4) is 0 Å². The van der Waals surface area contributed by atoms with Crippen molar-refractivity contribution in [3.8, 4) is 28.7 Å². The second kappa shape index (κ2) is 5.74. The van der Waals surface area contributed by atoms with E-state index in [0.717, 1.165) is 23.1 Å². The Kier molecular flexibility index (Phi) is 3.51. The van der Waals surface area contributed by atoms with Gasteiger partial charge in [0.05, 0.1) is 5.56 Å². The number of benzene rings is 2. The molecule has 0 amide bonds. The lowest BCUT2D eigenvalue weighted by Gasteiger charge is -2.07. The van der Waals surface area contributed by atoms with Gasteiger partial charge in [-0.2, -0.15) is 18.4 Å². The van der Waals surface area contributed by atoms with Crippen LogP contribution >= 0.6 is 0 Å². The third-order valence-corrected chi connectivity index (χ3v) is 3.96. The molecule has 0 radical (unpaired) electrons. The first-order chi connectivity index (χ1) is 12.5. The summed E-state index contributed by atoms with van der Waals surface area (Å²) < 4.78 is 43.7. The molecule has 0 aliphatic heterocycles. The van der Waals surface area contributed by atoms with Crippen LogP contribution in [0.4, 0.5) is 13.2 Å². The molecule has 8 heteroatoms. The minimum Gasteiger partial charge on any atom is -0.454 e. The number of aromatic amines is 1. The molecular weight excluding hydrogens is 345 g/mol. The SMILES string of the molecule is N#Cc1[nH]nnc1-c1cc2cc(-c3ccc(C(F)(F)F)cc3)ccc2o1. The van der Waals surface area contributed by atoms with Gasteiger partial charge in [0.25, 0.3) is 0 Å². The van der Waals surface area contributed by atoms with Crippen molar-refractivity contribution in [1.29, 1.82) is 5.26 Å². The third-order valence-electron chi connectivity index (χ3n) is 3.96. The number of nitrogens with one attached hydrogen (secondary N) is 1. The number of hydrogen-bond donors (Lipinski definition) is 1. The fraction of sp³-hybridized carbons (Fsp3) is 0.0556. The Hall–Kier alpha value is -3.60. The minimum absolute atomic E-state index is 0.187. The van der Waals surface area contributed by atoms with Gasteiger partial charge in [-0.05, 0) is 41.5 Å². The molecule has 0 bridgehead atoms. The normalized spacial score (nSPS) is 11.6. The van der Waals surface area contributed by atoms with Gasteiger partial charge in [-0.25, -0.2) is 5.10 Å². The molecule has 0 spiro atoms. The van der Waals surface area contributed by atoms with E-state index >= 15 is 0 Å². The van der Waals surface area contributed by atoms with E-state index in [1.165, 1.54) is 12.1 Å². The molecule has 0 unspecified atom stereocenters. The van der Waals surface area contributed by atoms with Gasteiger partial charge >= 0.3 is 6.18 Å². The molecule has 4 rings (SSSR count). The molecule has 0 aliphatic rings. The summed E-state index contributed by atoms with van der Waals surface area (Å²) >= 11 is 0. The van der Waals surface area contributed by atoms with Gasteiger partial charge in [0.2, 0.25) is 0 Å². The Bertz CT molecular complexity index is 1130. The Morgan fingerprint density at radius 3 is 2.42 bits per heavy atom. The molecule has 0 saturated carbocycles. The zero-order chi connectivity index (χ0) is 18.3. The van der Waals surface area contributed by atoms with E-state index in [2.05, 4.69) is 15.4 Å². The predicted octanol–water partition coefficient (Wildman–Crippen LogP) is 4.78. The van der Waals surface area contributed by atoms with E-state index in [-0.39, 0.29) is 5.69 Å². The summed E-state index contributed by atoms with van der Waals surface area (Å²) in [5.41, 5.74) is 1.78. The molecule has 2 aromatic heterocycles. The van der Waals surface area contributed by atoms with Crippen LogP contribution in [0.2, 0.25) is 0 Å². The summed E-state index contributed by atoms with van der Waals surface area (Å²) in [4.78, 5) is 0. The van der Waals surface area contributed by atoms with E-state index in [1.54, 1.807) is 24.3 Å². The number of alkyl halides is 3. The minimum atomic E-state index is -4.36. The fourth-order valence-corrected chi connectivity index (χ4v) is 2.67. The van der Waals surface area contributed by atoms with Gasteiger partial charge in [0.15, 0.2) is 17.1 Å². The Labute approximate surface area is 144 Å². The Morgan fingerprint density at radius 1 is 1.00 bits per heavy atom. The first-order valence-corrected chi connectivity index (χ1v) is 7.48. The van der Waals surface area contributed by atoms with Crippen molar-refractivity contribution in [2.45, 2.75) is 6.18 Å². The van der Waals surface area contributed by atoms with Gasteiger partial charge in [0, 0.05) is 5.39 Å². The second-order valence-corrected chi connectivity index (χ2v) is 5.59. The van der Waals surface area contributed by atoms with Crippen LogP contribution in [0.5, 0.6) is 0 Å². The zero-order valence-electron chi connectivity index (χ0n) is 13.0. The third kappa shape index (κ3) is 2.69. The smallest absolute Gasteiger partial charge is 0.416 e. The molecule has 128 valence electrons. The lowest BCUT2D eigenvalue weighted by molar-refractivity contribution is -0.137. The van der Waals surface area contributed by atoms with Crippen molar-refractivity contribution < 1.29 is 17.6 Å². The summed E-state index contributed by atoms with van der Waals surface area (Å²) in [6, 6.07) is 13.9. The van der Waals surface area contributed by atoms with Crippen LogP contribution in [0.15, 0.2) is 52.9 Å². The van der Waals surface area contributed by atoms with Crippen molar-refractivity contribution >= 4 is 11.0 Å². The maximum absolute atomic E-state index is 12.7. The van der Waals surface area contributed by atoms with Crippen LogP contribution in [0.25, 0.3) is 33.6 Å². The zero-order valence-corrected chi connectivity index (χ0v) is 13.0. The standard InChI is InChI=1S/C18H9F3N4O/c19-18(20,21)13-4-1-10(2-5-13)11-3-6-15-12(7-11)8-16(26-15)17-14(9-22)23-25-24-17/h1-8H,(H,23,24,25). The summed E-state index contributed by atoms with van der Waals surface area (Å²) in [6.07, 6.45) is -4.36. The molecule has 0 saturated heterocycles. The first-order valence-electron chi connectivity index (χ1n) is 7.48. The highest BCUT2D eigenvalue weighted by Gasteiger charge is 2.30. The molecule has 2 aromatic carbocycles. The number of halogens is 3. The van der Waals surface area contributed by atoms with Crippen LogP contribution in [-0.2, 0) is 6.18 Å². The van der Waals surface area contributed by atoms with Crippen LogP contribution in [-0.4, -0.2) is 15.4 Å². The number of aromatic nitrogens is 3. The van der Waals surface area contributed by atoms with E-state index in [0.29, 0.717) is 22.6 Å². The lowest BCUT2D eigenvalue weighted by Crippen LogP contribution is -2.03. The molecule has 4 aromatic rings. The molecule has 1 N–H and O–H groups in total. The van der Waals surface area contributed by atoms with Gasteiger partial charge < -0.3 is 4.42 Å². The average Bonchev–Trinajstić information content (AvgIpc) is 3.26. The van der Waals surface area contributed by atoms with Crippen LogP contribution in [0.1, 0.15) is 11.3 Å². The van der Waals surface area contributed by atoms with E-state index in [4.69, 9.17) is 9.68 Å². The lowest BCUT2D eigenvalue weighted by atomic mass is 10.0. The highest BCUT2D eigenvalue weighted by molar-refractivity contribution is 5.87. The highest BCUT2D eigenvalue weighted by Crippen LogP contribution is 2.33. The van der Waals surface area contributed by atoms with E-state index in [9.17, 15) is 13.2 Å². The van der Waals surface area contributed by atoms with Crippen molar-refractivity contribution in [2.24, 2.45) is 0 Å². The number of hydrogen-bond acceptors (Lipinski definition) is 4. The summed E-state index contributed by atoms with van der Waals surface area (Å²) in [5.74, 6) is 0.384. The average molecular weight is 354 g/mol. The van der Waals surface area contributed by atoms with Gasteiger partial charge in [0.1, 0.15) is 11.7 Å². The van der Waals surface area contributed by atoms with Crippen molar-refractivity contribution in [2.75, 3.05) is 0 Å². The van der Waals surface area contributed by atoms with Crippen molar-refractivity contribution in [3.05, 3.63) is 59.8 Å². The molecule has 2 heterocycles. The van der Waals surface area contributed by atoms with Gasteiger partial charge in [-0.15, -0.1) is 5.10 Å². The quantitative estimate of drug-likeness (QED) is 0.562. The second-order valence-electron chi connectivity index (χ2n) is 5.59. The topological polar surface area (TPSA) is 78.5 Å². The maximum atomic E-state index is 12.7. The molecular formula is C18H9F3N4O. The fourth-order valence-electron chi connectivity index (χ4n) is 2.67. The first kappa shape index (κ1) is 15.9. The van der Waals surface area contributed by atoms with Gasteiger partial charge in [-0.3, -0.25) is 0 Å². The molecule has 5 nitrogen and oxygen atoms in total. The largest absolute Gasteiger partial charge is 0.454 e. The summed E-state index contributed by atoms with van der Waals surface area (Å²) in [6.45, 7) is 0. The Balaban J connectivity index is 1.73. The van der Waals surface area contributed by atoms with Crippen molar-refractivity contribution in [3.63, 3.8) is 0 Å². The molecule has 0 aliphatic carbocycles. The molecule has 26 heavy (non-hydrogen) atoms.